The molecule has 0 saturated carbocycles. The summed E-state index contributed by atoms with van der Waals surface area (Å²) >= 11 is 1.64. The molecule has 3 aromatic carbocycles. The summed E-state index contributed by atoms with van der Waals surface area (Å²) in [5.41, 5.74) is 5.46. The minimum absolute atomic E-state index is 0.511. The molecule has 0 amide bonds. The van der Waals surface area contributed by atoms with Crippen molar-refractivity contribution in [2.75, 3.05) is 31.6 Å². The lowest BCUT2D eigenvalue weighted by Crippen LogP contribution is -2.35. The fourth-order valence-corrected chi connectivity index (χ4v) is 5.62. The Balaban J connectivity index is 1.23. The first kappa shape index (κ1) is 24.1. The number of thiophene rings is 1. The van der Waals surface area contributed by atoms with Gasteiger partial charge in [-0.1, -0.05) is 42.5 Å². The summed E-state index contributed by atoms with van der Waals surface area (Å²) in [5.74, 6) is 1.54. The smallest absolute Gasteiger partial charge is 0.127 e. The Hall–Kier alpha value is -4.22. The number of para-hydroxylation sites is 1. The zero-order valence-electron chi connectivity index (χ0n) is 20.8. The molecule has 3 heterocycles. The van der Waals surface area contributed by atoms with Crippen LogP contribution < -0.4 is 10.1 Å². The molecule has 0 unspecified atom stereocenters. The zero-order chi connectivity index (χ0) is 25.7. The van der Waals surface area contributed by atoms with Crippen LogP contribution in [0.2, 0.25) is 0 Å². The molecule has 5 aromatic rings. The lowest BCUT2D eigenvalue weighted by molar-refractivity contribution is 0.0342. The fourth-order valence-electron chi connectivity index (χ4n) is 4.50. The Morgan fingerprint density at radius 3 is 2.42 bits per heavy atom. The van der Waals surface area contributed by atoms with E-state index in [0.717, 1.165) is 76.4 Å². The lowest BCUT2D eigenvalue weighted by atomic mass is 10.1. The number of anilines is 2. The number of pyridine rings is 1. The fraction of sp³-hybridized carbons (Fsp3) is 0.161. The van der Waals surface area contributed by atoms with Crippen LogP contribution >= 0.6 is 11.3 Å². The number of rotatable bonds is 7. The normalized spacial score (nSPS) is 13.8. The predicted molar refractivity (Wildman–Crippen MR) is 152 cm³/mol. The maximum Gasteiger partial charge on any atom is 0.127 e. The van der Waals surface area contributed by atoms with Crippen LogP contribution in [0.5, 0.6) is 11.5 Å². The molecule has 1 fully saturated rings. The third kappa shape index (κ3) is 5.38. The minimum atomic E-state index is 0.511. The van der Waals surface area contributed by atoms with E-state index in [4.69, 9.17) is 9.47 Å². The summed E-state index contributed by atoms with van der Waals surface area (Å²) in [4.78, 5) is 8.11. The average Bonchev–Trinajstić information content (AvgIpc) is 3.41. The van der Waals surface area contributed by atoms with Crippen LogP contribution in [0.25, 0.3) is 20.7 Å². The number of morpholine rings is 1. The molecule has 6 rings (SSSR count). The third-order valence-electron chi connectivity index (χ3n) is 6.51. The quantitative estimate of drug-likeness (QED) is 0.246. The summed E-state index contributed by atoms with van der Waals surface area (Å²) in [6.07, 6.45) is 1.64. The highest BCUT2D eigenvalue weighted by Crippen LogP contribution is 2.39. The van der Waals surface area contributed by atoms with Crippen LogP contribution in [0.3, 0.4) is 0 Å². The molecule has 38 heavy (non-hydrogen) atoms. The molecule has 0 aliphatic carbocycles. The van der Waals surface area contributed by atoms with Crippen molar-refractivity contribution in [1.82, 2.24) is 9.88 Å². The third-order valence-corrected chi connectivity index (χ3v) is 7.70. The molecule has 1 N–H and O–H groups in total. The van der Waals surface area contributed by atoms with Gasteiger partial charge < -0.3 is 14.8 Å². The Morgan fingerprint density at radius 1 is 0.947 bits per heavy atom. The zero-order valence-corrected chi connectivity index (χ0v) is 21.6. The van der Waals surface area contributed by atoms with Crippen LogP contribution in [0, 0.1) is 11.3 Å². The predicted octanol–water partition coefficient (Wildman–Crippen LogP) is 7.20. The number of nitriles is 1. The van der Waals surface area contributed by atoms with Crippen molar-refractivity contribution in [3.8, 4) is 28.0 Å². The topological polar surface area (TPSA) is 70.4 Å². The molecule has 1 aliphatic heterocycles. The van der Waals surface area contributed by atoms with Crippen molar-refractivity contribution in [3.63, 3.8) is 0 Å². The van der Waals surface area contributed by atoms with E-state index in [9.17, 15) is 5.26 Å². The number of benzene rings is 3. The van der Waals surface area contributed by atoms with Crippen LogP contribution in [-0.4, -0.2) is 36.2 Å². The van der Waals surface area contributed by atoms with Gasteiger partial charge in [0.25, 0.3) is 0 Å². The molecule has 6 nitrogen and oxygen atoms in total. The lowest BCUT2D eigenvalue weighted by Gasteiger charge is -2.26. The van der Waals surface area contributed by atoms with E-state index in [-0.39, 0.29) is 0 Å². The van der Waals surface area contributed by atoms with E-state index < -0.39 is 0 Å². The van der Waals surface area contributed by atoms with Crippen molar-refractivity contribution in [2.45, 2.75) is 6.54 Å². The summed E-state index contributed by atoms with van der Waals surface area (Å²) in [6, 6.07) is 30.5. The number of nitrogens with one attached hydrogen (secondary N) is 1. The van der Waals surface area contributed by atoms with Gasteiger partial charge in [-0.3, -0.25) is 9.88 Å². The molecule has 0 spiro atoms. The van der Waals surface area contributed by atoms with Crippen LogP contribution in [0.1, 0.15) is 11.1 Å². The highest BCUT2D eigenvalue weighted by molar-refractivity contribution is 7.22. The molecule has 2 aromatic heterocycles. The van der Waals surface area contributed by atoms with E-state index in [0.29, 0.717) is 5.56 Å². The van der Waals surface area contributed by atoms with Crippen LogP contribution in [0.15, 0.2) is 91.1 Å². The van der Waals surface area contributed by atoms with Gasteiger partial charge in [0.1, 0.15) is 17.6 Å². The van der Waals surface area contributed by atoms with E-state index in [2.05, 4.69) is 51.6 Å². The molecule has 0 atom stereocenters. The molecular weight excluding hydrogens is 492 g/mol. The molecule has 0 bridgehead atoms. The largest absolute Gasteiger partial charge is 0.457 e. The minimum Gasteiger partial charge on any atom is -0.457 e. The standard InChI is InChI=1S/C31H26N4O2S/c32-19-24-20-33-28-18-29(23-8-6-22(7-9-23)21-35-14-16-36-17-15-35)38-31(28)30(24)34-25-10-12-27(13-11-25)37-26-4-2-1-3-5-26/h1-13,18,20H,14-17,21H2,(H,33,34). The molecular formula is C31H26N4O2S. The first-order valence-electron chi connectivity index (χ1n) is 12.6. The second kappa shape index (κ2) is 11.0. The average molecular weight is 519 g/mol. The number of fused-ring (bicyclic) bond motifs is 1. The summed E-state index contributed by atoms with van der Waals surface area (Å²) < 4.78 is 12.3. The number of hydrogen-bond acceptors (Lipinski definition) is 7. The van der Waals surface area contributed by atoms with Gasteiger partial charge in [-0.2, -0.15) is 5.26 Å². The van der Waals surface area contributed by atoms with Gasteiger partial charge in [0.15, 0.2) is 0 Å². The van der Waals surface area contributed by atoms with Gasteiger partial charge in [0.05, 0.1) is 34.7 Å². The number of hydrogen-bond donors (Lipinski definition) is 1. The second-order valence-corrected chi connectivity index (χ2v) is 10.2. The Kier molecular flexibility index (Phi) is 7.01. The first-order valence-corrected chi connectivity index (χ1v) is 13.4. The van der Waals surface area contributed by atoms with E-state index in [1.54, 1.807) is 17.5 Å². The summed E-state index contributed by atoms with van der Waals surface area (Å²) in [5, 5.41) is 13.2. The molecule has 1 saturated heterocycles. The highest BCUT2D eigenvalue weighted by atomic mass is 32.1. The molecule has 1 aliphatic rings. The summed E-state index contributed by atoms with van der Waals surface area (Å²) in [6.45, 7) is 4.50. The molecule has 188 valence electrons. The van der Waals surface area contributed by atoms with Crippen LogP contribution in [-0.2, 0) is 11.3 Å². The van der Waals surface area contributed by atoms with Gasteiger partial charge in [0.2, 0.25) is 0 Å². The molecule has 7 heteroatoms. The monoisotopic (exact) mass is 518 g/mol. The van der Waals surface area contributed by atoms with Gasteiger partial charge in [-0.05, 0) is 53.6 Å². The van der Waals surface area contributed by atoms with Crippen molar-refractivity contribution >= 4 is 32.9 Å². The van der Waals surface area contributed by atoms with Crippen molar-refractivity contribution in [3.05, 3.63) is 102 Å². The van der Waals surface area contributed by atoms with Crippen molar-refractivity contribution < 1.29 is 9.47 Å². The maximum absolute atomic E-state index is 9.80. The van der Waals surface area contributed by atoms with Gasteiger partial charge in [-0.15, -0.1) is 11.3 Å². The Morgan fingerprint density at radius 2 is 1.68 bits per heavy atom. The first-order chi connectivity index (χ1) is 18.7. The highest BCUT2D eigenvalue weighted by Gasteiger charge is 2.15. The van der Waals surface area contributed by atoms with E-state index in [1.165, 1.54) is 5.56 Å². The molecule has 0 radical (unpaired) electrons. The maximum atomic E-state index is 9.80. The number of ether oxygens (including phenoxy) is 2. The van der Waals surface area contributed by atoms with E-state index >= 15 is 0 Å². The SMILES string of the molecule is N#Cc1cnc2cc(-c3ccc(CN4CCOCC4)cc3)sc2c1Nc1ccc(Oc2ccccc2)cc1. The van der Waals surface area contributed by atoms with Crippen LogP contribution in [0.4, 0.5) is 11.4 Å². The van der Waals surface area contributed by atoms with Gasteiger partial charge in [0, 0.05) is 36.4 Å². The van der Waals surface area contributed by atoms with Crippen molar-refractivity contribution in [2.24, 2.45) is 0 Å². The van der Waals surface area contributed by atoms with Crippen molar-refractivity contribution in [1.29, 1.82) is 5.26 Å². The number of nitrogens with zero attached hydrogens (tertiary/aromatic N) is 3. The Labute approximate surface area is 225 Å². The van der Waals surface area contributed by atoms with Gasteiger partial charge >= 0.3 is 0 Å². The Bertz CT molecular complexity index is 1570. The van der Waals surface area contributed by atoms with Gasteiger partial charge in [-0.25, -0.2) is 0 Å². The second-order valence-electron chi connectivity index (χ2n) is 9.13. The number of aromatic nitrogens is 1. The summed E-state index contributed by atoms with van der Waals surface area (Å²) in [7, 11) is 0. The van der Waals surface area contributed by atoms with E-state index in [1.807, 2.05) is 54.6 Å².